The SMILES string of the molecule is CCC(NC)C(=O)NC(C=O)C1CCCCC1N1CCCC1c1nnn(Cc2ccccc2)n1. The quantitative estimate of drug-likeness (QED) is 0.516. The lowest BCUT2D eigenvalue weighted by molar-refractivity contribution is -0.127. The van der Waals surface area contributed by atoms with Crippen LogP contribution < -0.4 is 10.6 Å². The molecule has 1 saturated heterocycles. The van der Waals surface area contributed by atoms with Crippen molar-refractivity contribution in [3.05, 3.63) is 41.7 Å². The predicted octanol–water partition coefficient (Wildman–Crippen LogP) is 2.10. The molecule has 1 aliphatic carbocycles. The molecule has 9 nitrogen and oxygen atoms in total. The van der Waals surface area contributed by atoms with Gasteiger partial charge in [-0.2, -0.15) is 4.80 Å². The van der Waals surface area contributed by atoms with Crippen LogP contribution in [-0.2, 0) is 16.1 Å². The Morgan fingerprint density at radius 1 is 1.18 bits per heavy atom. The van der Waals surface area contributed by atoms with Crippen LogP contribution in [-0.4, -0.2) is 69.0 Å². The molecule has 2 N–H and O–H groups in total. The molecule has 2 fully saturated rings. The summed E-state index contributed by atoms with van der Waals surface area (Å²) >= 11 is 0. The van der Waals surface area contributed by atoms with Gasteiger partial charge in [-0.1, -0.05) is 50.1 Å². The molecule has 2 aliphatic rings. The van der Waals surface area contributed by atoms with E-state index >= 15 is 0 Å². The number of hydrogen-bond acceptors (Lipinski definition) is 7. The highest BCUT2D eigenvalue weighted by Crippen LogP contribution is 2.39. The van der Waals surface area contributed by atoms with Crippen LogP contribution in [0.1, 0.15) is 69.3 Å². The number of rotatable bonds is 10. The molecule has 1 amide bonds. The first-order valence-electron chi connectivity index (χ1n) is 12.6. The van der Waals surface area contributed by atoms with E-state index in [4.69, 9.17) is 5.10 Å². The molecule has 2 heterocycles. The van der Waals surface area contributed by atoms with E-state index in [0.29, 0.717) is 13.0 Å². The number of carbonyl (C=O) groups excluding carboxylic acids is 2. The zero-order chi connectivity index (χ0) is 23.9. The fraction of sp³-hybridized carbons (Fsp3) is 0.640. The standard InChI is InChI=1S/C25H37N7O2/c1-3-20(26-2)25(34)27-21(17-33)19-12-7-8-13-22(19)31-15-9-14-23(31)24-28-30-32(29-24)16-18-10-5-4-6-11-18/h4-6,10-11,17,19-23,26H,3,7-9,12-16H2,1-2H3,(H,27,34). The molecule has 1 saturated carbocycles. The summed E-state index contributed by atoms with van der Waals surface area (Å²) in [6.45, 7) is 3.51. The predicted molar refractivity (Wildman–Crippen MR) is 129 cm³/mol. The highest BCUT2D eigenvalue weighted by Gasteiger charge is 2.42. The normalized spacial score (nSPS) is 25.1. The second kappa shape index (κ2) is 11.7. The van der Waals surface area contributed by atoms with Crippen molar-refractivity contribution < 1.29 is 9.59 Å². The lowest BCUT2D eigenvalue weighted by Crippen LogP contribution is -2.55. The van der Waals surface area contributed by atoms with Gasteiger partial charge in [0.1, 0.15) is 6.29 Å². The zero-order valence-corrected chi connectivity index (χ0v) is 20.3. The molecule has 0 radical (unpaired) electrons. The van der Waals surface area contributed by atoms with Crippen LogP contribution >= 0.6 is 0 Å². The maximum atomic E-state index is 12.7. The summed E-state index contributed by atoms with van der Waals surface area (Å²) < 4.78 is 0. The highest BCUT2D eigenvalue weighted by molar-refractivity contribution is 5.84. The Kier molecular flexibility index (Phi) is 8.39. The van der Waals surface area contributed by atoms with Crippen LogP contribution in [0.15, 0.2) is 30.3 Å². The van der Waals surface area contributed by atoms with Gasteiger partial charge in [0.25, 0.3) is 0 Å². The maximum Gasteiger partial charge on any atom is 0.237 e. The second-order valence-corrected chi connectivity index (χ2v) is 9.50. The van der Waals surface area contributed by atoms with Crippen molar-refractivity contribution in [2.24, 2.45) is 5.92 Å². The third kappa shape index (κ3) is 5.52. The molecule has 5 unspecified atom stereocenters. The van der Waals surface area contributed by atoms with Gasteiger partial charge >= 0.3 is 0 Å². The lowest BCUT2D eigenvalue weighted by Gasteiger charge is -2.42. The lowest BCUT2D eigenvalue weighted by atomic mass is 9.78. The van der Waals surface area contributed by atoms with Crippen molar-refractivity contribution in [2.45, 2.75) is 82.6 Å². The molecule has 184 valence electrons. The Morgan fingerprint density at radius 3 is 2.71 bits per heavy atom. The summed E-state index contributed by atoms with van der Waals surface area (Å²) in [6.07, 6.45) is 7.82. The Labute approximate surface area is 201 Å². The first-order chi connectivity index (χ1) is 16.6. The minimum Gasteiger partial charge on any atom is -0.345 e. The first kappa shape index (κ1) is 24.5. The molecule has 34 heavy (non-hydrogen) atoms. The van der Waals surface area contributed by atoms with E-state index in [1.807, 2.05) is 25.1 Å². The number of aldehydes is 1. The summed E-state index contributed by atoms with van der Waals surface area (Å²) in [5.41, 5.74) is 1.14. The van der Waals surface area contributed by atoms with Crippen LogP contribution in [0.5, 0.6) is 0 Å². The van der Waals surface area contributed by atoms with Crippen molar-refractivity contribution in [3.8, 4) is 0 Å². The Bertz CT molecular complexity index is 930. The van der Waals surface area contributed by atoms with Crippen LogP contribution in [0.3, 0.4) is 0 Å². The van der Waals surface area contributed by atoms with E-state index in [0.717, 1.165) is 62.7 Å². The van der Waals surface area contributed by atoms with Gasteiger partial charge in [0.15, 0.2) is 5.82 Å². The van der Waals surface area contributed by atoms with Crippen molar-refractivity contribution in [1.29, 1.82) is 0 Å². The van der Waals surface area contributed by atoms with Gasteiger partial charge in [0.05, 0.1) is 24.7 Å². The highest BCUT2D eigenvalue weighted by atomic mass is 16.2. The second-order valence-electron chi connectivity index (χ2n) is 9.50. The fourth-order valence-electron chi connectivity index (χ4n) is 5.66. The van der Waals surface area contributed by atoms with Crippen LogP contribution in [0.4, 0.5) is 0 Å². The van der Waals surface area contributed by atoms with E-state index < -0.39 is 6.04 Å². The molecule has 1 aliphatic heterocycles. The van der Waals surface area contributed by atoms with Gasteiger partial charge in [-0.25, -0.2) is 0 Å². The average Bonchev–Trinajstić information content (AvgIpc) is 3.53. The van der Waals surface area contributed by atoms with E-state index in [2.05, 4.69) is 38.0 Å². The Hall–Kier alpha value is -2.65. The van der Waals surface area contributed by atoms with Gasteiger partial charge in [-0.15, -0.1) is 10.2 Å². The molecular weight excluding hydrogens is 430 g/mol. The van der Waals surface area contributed by atoms with Crippen molar-refractivity contribution in [2.75, 3.05) is 13.6 Å². The summed E-state index contributed by atoms with van der Waals surface area (Å²) in [4.78, 5) is 29.0. The molecule has 1 aromatic heterocycles. The van der Waals surface area contributed by atoms with Gasteiger partial charge in [-0.05, 0) is 56.5 Å². The molecule has 9 heteroatoms. The number of carbonyl (C=O) groups is 2. The Balaban J connectivity index is 1.48. The van der Waals surface area contributed by atoms with Gasteiger partial charge in [0, 0.05) is 12.0 Å². The molecule has 0 bridgehead atoms. The summed E-state index contributed by atoms with van der Waals surface area (Å²) in [5.74, 6) is 0.741. The first-order valence-corrected chi connectivity index (χ1v) is 12.6. The number of hydrogen-bond donors (Lipinski definition) is 2. The number of nitrogens with zero attached hydrogens (tertiary/aromatic N) is 5. The van der Waals surface area contributed by atoms with E-state index in [-0.39, 0.29) is 30.0 Å². The number of amides is 1. The number of benzene rings is 1. The van der Waals surface area contributed by atoms with Gasteiger partial charge < -0.3 is 15.4 Å². The molecule has 2 aromatic rings. The molecular formula is C25H37N7O2. The topological polar surface area (TPSA) is 105 Å². The molecule has 5 atom stereocenters. The van der Waals surface area contributed by atoms with Crippen LogP contribution in [0, 0.1) is 5.92 Å². The van der Waals surface area contributed by atoms with Gasteiger partial charge in [0.2, 0.25) is 5.91 Å². The fourth-order valence-corrected chi connectivity index (χ4v) is 5.66. The zero-order valence-electron chi connectivity index (χ0n) is 20.3. The minimum atomic E-state index is -0.483. The van der Waals surface area contributed by atoms with E-state index in [1.165, 1.54) is 0 Å². The van der Waals surface area contributed by atoms with Gasteiger partial charge in [-0.3, -0.25) is 9.69 Å². The number of aromatic nitrogens is 4. The van der Waals surface area contributed by atoms with Crippen molar-refractivity contribution >= 4 is 12.2 Å². The van der Waals surface area contributed by atoms with Crippen LogP contribution in [0.2, 0.25) is 0 Å². The maximum absolute atomic E-state index is 12.7. The average molecular weight is 468 g/mol. The summed E-state index contributed by atoms with van der Waals surface area (Å²) in [5, 5.41) is 19.5. The third-order valence-corrected chi connectivity index (χ3v) is 7.42. The molecule has 0 spiro atoms. The molecule has 1 aromatic carbocycles. The van der Waals surface area contributed by atoms with E-state index in [1.54, 1.807) is 11.8 Å². The third-order valence-electron chi connectivity index (χ3n) is 7.42. The molecule has 4 rings (SSSR count). The monoisotopic (exact) mass is 467 g/mol. The number of likely N-dealkylation sites (tertiary alicyclic amines) is 1. The number of tetrazole rings is 1. The largest absolute Gasteiger partial charge is 0.345 e. The number of nitrogens with one attached hydrogen (secondary N) is 2. The van der Waals surface area contributed by atoms with E-state index in [9.17, 15) is 9.59 Å². The van der Waals surface area contributed by atoms with Crippen molar-refractivity contribution in [1.82, 2.24) is 35.7 Å². The van der Waals surface area contributed by atoms with Crippen molar-refractivity contribution in [3.63, 3.8) is 0 Å². The van der Waals surface area contributed by atoms with Crippen LogP contribution in [0.25, 0.3) is 0 Å². The Morgan fingerprint density at radius 2 is 1.97 bits per heavy atom. The number of likely N-dealkylation sites (N-methyl/N-ethyl adjacent to an activating group) is 1. The summed E-state index contributed by atoms with van der Waals surface area (Å²) in [6, 6.07) is 9.68. The summed E-state index contributed by atoms with van der Waals surface area (Å²) in [7, 11) is 1.78. The minimum absolute atomic E-state index is 0.0875. The smallest absolute Gasteiger partial charge is 0.237 e.